The highest BCUT2D eigenvalue weighted by molar-refractivity contribution is 5.77. The van der Waals surface area contributed by atoms with Crippen molar-refractivity contribution in [1.82, 2.24) is 10.2 Å². The maximum absolute atomic E-state index is 12.1. The van der Waals surface area contributed by atoms with E-state index < -0.39 is 0 Å². The van der Waals surface area contributed by atoms with Crippen molar-refractivity contribution < 1.29 is 4.79 Å². The number of likely N-dealkylation sites (tertiary alicyclic amines) is 1. The SMILES string of the molecule is CNC(CC(=O)N1CCCC1)c1ccc(C#N)cc1. The highest BCUT2D eigenvalue weighted by Gasteiger charge is 2.21. The van der Waals surface area contributed by atoms with E-state index in [1.54, 1.807) is 12.1 Å². The van der Waals surface area contributed by atoms with Gasteiger partial charge in [-0.3, -0.25) is 4.79 Å². The number of nitriles is 1. The molecule has 1 heterocycles. The molecule has 4 heteroatoms. The molecule has 2 rings (SSSR count). The van der Waals surface area contributed by atoms with Crippen LogP contribution in [0.3, 0.4) is 0 Å². The Balaban J connectivity index is 2.02. The second kappa shape index (κ2) is 6.35. The standard InChI is InChI=1S/C15H19N3O/c1-17-14(10-15(19)18-8-2-3-9-18)13-6-4-12(11-16)5-7-13/h4-7,14,17H,2-3,8-10H2,1H3. The van der Waals surface area contributed by atoms with Gasteiger partial charge < -0.3 is 10.2 Å². The van der Waals surface area contributed by atoms with Gasteiger partial charge in [-0.1, -0.05) is 12.1 Å². The van der Waals surface area contributed by atoms with Crippen LogP contribution in [0.5, 0.6) is 0 Å². The van der Waals surface area contributed by atoms with E-state index in [0.29, 0.717) is 12.0 Å². The number of amides is 1. The van der Waals surface area contributed by atoms with Crippen LogP contribution < -0.4 is 5.32 Å². The molecular formula is C15H19N3O. The number of carbonyl (C=O) groups excluding carboxylic acids is 1. The number of rotatable bonds is 4. The Morgan fingerprint density at radius 2 is 2.00 bits per heavy atom. The number of hydrogen-bond acceptors (Lipinski definition) is 3. The summed E-state index contributed by atoms with van der Waals surface area (Å²) in [6, 6.07) is 9.53. The van der Waals surface area contributed by atoms with Crippen LogP contribution in [0.4, 0.5) is 0 Å². The van der Waals surface area contributed by atoms with Gasteiger partial charge in [-0.25, -0.2) is 0 Å². The van der Waals surface area contributed by atoms with Gasteiger partial charge in [0.05, 0.1) is 11.6 Å². The fourth-order valence-corrected chi connectivity index (χ4v) is 2.45. The van der Waals surface area contributed by atoms with E-state index in [0.717, 1.165) is 31.5 Å². The second-order valence-corrected chi connectivity index (χ2v) is 4.87. The van der Waals surface area contributed by atoms with Crippen molar-refractivity contribution in [2.24, 2.45) is 0 Å². The van der Waals surface area contributed by atoms with Crippen molar-refractivity contribution in [3.63, 3.8) is 0 Å². The van der Waals surface area contributed by atoms with E-state index in [-0.39, 0.29) is 11.9 Å². The van der Waals surface area contributed by atoms with Crippen molar-refractivity contribution in [2.45, 2.75) is 25.3 Å². The number of benzene rings is 1. The fourth-order valence-electron chi connectivity index (χ4n) is 2.45. The van der Waals surface area contributed by atoms with Gasteiger partial charge in [0, 0.05) is 25.6 Å². The average Bonchev–Trinajstić information content (AvgIpc) is 2.99. The van der Waals surface area contributed by atoms with E-state index in [1.165, 1.54) is 0 Å². The van der Waals surface area contributed by atoms with Crippen molar-refractivity contribution in [1.29, 1.82) is 5.26 Å². The molecule has 1 aliphatic heterocycles. The first-order chi connectivity index (χ1) is 9.24. The molecule has 1 aliphatic rings. The first-order valence-electron chi connectivity index (χ1n) is 6.69. The van der Waals surface area contributed by atoms with E-state index in [9.17, 15) is 4.79 Å². The number of nitrogens with one attached hydrogen (secondary N) is 1. The third-order valence-electron chi connectivity index (χ3n) is 3.63. The Labute approximate surface area is 114 Å². The van der Waals surface area contributed by atoms with Crippen LogP contribution in [0.2, 0.25) is 0 Å². The molecule has 0 aromatic heterocycles. The first kappa shape index (κ1) is 13.6. The largest absolute Gasteiger partial charge is 0.343 e. The Morgan fingerprint density at radius 3 is 2.53 bits per heavy atom. The van der Waals surface area contributed by atoms with E-state index in [2.05, 4.69) is 11.4 Å². The van der Waals surface area contributed by atoms with Crippen molar-refractivity contribution in [2.75, 3.05) is 20.1 Å². The molecular weight excluding hydrogens is 238 g/mol. The van der Waals surface area contributed by atoms with Gasteiger partial charge in [-0.15, -0.1) is 0 Å². The molecule has 0 spiro atoms. The lowest BCUT2D eigenvalue weighted by Gasteiger charge is -2.21. The zero-order valence-electron chi connectivity index (χ0n) is 11.2. The van der Waals surface area contributed by atoms with Crippen LogP contribution in [-0.4, -0.2) is 30.9 Å². The van der Waals surface area contributed by atoms with Crippen LogP contribution in [0.25, 0.3) is 0 Å². The summed E-state index contributed by atoms with van der Waals surface area (Å²) in [4.78, 5) is 14.1. The molecule has 0 saturated carbocycles. The lowest BCUT2D eigenvalue weighted by molar-refractivity contribution is -0.130. The molecule has 1 fully saturated rings. The summed E-state index contributed by atoms with van der Waals surface area (Å²) < 4.78 is 0. The van der Waals surface area contributed by atoms with Crippen LogP contribution >= 0.6 is 0 Å². The Hall–Kier alpha value is -1.86. The van der Waals surface area contributed by atoms with E-state index >= 15 is 0 Å². The van der Waals surface area contributed by atoms with Crippen LogP contribution in [0, 0.1) is 11.3 Å². The molecule has 100 valence electrons. The summed E-state index contributed by atoms with van der Waals surface area (Å²) in [5, 5.41) is 12.0. The summed E-state index contributed by atoms with van der Waals surface area (Å²) in [5.74, 6) is 0.209. The van der Waals surface area contributed by atoms with E-state index in [1.807, 2.05) is 24.1 Å². The Bertz CT molecular complexity index is 469. The molecule has 0 aliphatic carbocycles. The van der Waals surface area contributed by atoms with Crippen LogP contribution in [0.15, 0.2) is 24.3 Å². The van der Waals surface area contributed by atoms with Crippen LogP contribution in [0.1, 0.15) is 36.4 Å². The molecule has 1 saturated heterocycles. The lowest BCUT2D eigenvalue weighted by Crippen LogP contribution is -2.31. The minimum absolute atomic E-state index is 0.0147. The molecule has 0 radical (unpaired) electrons. The smallest absolute Gasteiger partial charge is 0.224 e. The molecule has 1 aromatic rings. The van der Waals surface area contributed by atoms with Gasteiger partial charge in [0.1, 0.15) is 0 Å². The summed E-state index contributed by atoms with van der Waals surface area (Å²) in [7, 11) is 1.86. The molecule has 1 aromatic carbocycles. The third-order valence-corrected chi connectivity index (χ3v) is 3.63. The minimum Gasteiger partial charge on any atom is -0.343 e. The predicted octanol–water partition coefficient (Wildman–Crippen LogP) is 1.83. The minimum atomic E-state index is 0.0147. The summed E-state index contributed by atoms with van der Waals surface area (Å²) >= 11 is 0. The summed E-state index contributed by atoms with van der Waals surface area (Å²) in [6.07, 6.45) is 2.71. The highest BCUT2D eigenvalue weighted by atomic mass is 16.2. The van der Waals surface area contributed by atoms with Gasteiger partial charge >= 0.3 is 0 Å². The topological polar surface area (TPSA) is 56.1 Å². The van der Waals surface area contributed by atoms with Crippen molar-refractivity contribution >= 4 is 5.91 Å². The summed E-state index contributed by atoms with van der Waals surface area (Å²) in [5.41, 5.74) is 1.69. The van der Waals surface area contributed by atoms with E-state index in [4.69, 9.17) is 5.26 Å². The maximum atomic E-state index is 12.1. The summed E-state index contributed by atoms with van der Waals surface area (Å²) in [6.45, 7) is 1.78. The lowest BCUT2D eigenvalue weighted by atomic mass is 10.0. The zero-order valence-corrected chi connectivity index (χ0v) is 11.2. The van der Waals surface area contributed by atoms with Gasteiger partial charge in [0.2, 0.25) is 5.91 Å². The molecule has 1 atom stereocenters. The van der Waals surface area contributed by atoms with Gasteiger partial charge in [0.25, 0.3) is 0 Å². The quantitative estimate of drug-likeness (QED) is 0.895. The normalized spacial score (nSPS) is 16.1. The second-order valence-electron chi connectivity index (χ2n) is 4.87. The molecule has 1 N–H and O–H groups in total. The Morgan fingerprint density at radius 1 is 1.37 bits per heavy atom. The monoisotopic (exact) mass is 257 g/mol. The Kier molecular flexibility index (Phi) is 4.53. The number of hydrogen-bond donors (Lipinski definition) is 1. The molecule has 19 heavy (non-hydrogen) atoms. The molecule has 0 bridgehead atoms. The van der Waals surface area contributed by atoms with Gasteiger partial charge in [0.15, 0.2) is 0 Å². The van der Waals surface area contributed by atoms with Gasteiger partial charge in [-0.2, -0.15) is 5.26 Å². The van der Waals surface area contributed by atoms with Crippen molar-refractivity contribution in [3.05, 3.63) is 35.4 Å². The average molecular weight is 257 g/mol. The molecule has 4 nitrogen and oxygen atoms in total. The highest BCUT2D eigenvalue weighted by Crippen LogP contribution is 2.19. The fraction of sp³-hybridized carbons (Fsp3) is 0.467. The molecule has 1 amide bonds. The maximum Gasteiger partial charge on any atom is 0.224 e. The number of nitrogens with zero attached hydrogens (tertiary/aromatic N) is 2. The zero-order chi connectivity index (χ0) is 13.7. The molecule has 1 unspecified atom stereocenters. The first-order valence-corrected chi connectivity index (χ1v) is 6.69. The van der Waals surface area contributed by atoms with Crippen LogP contribution in [-0.2, 0) is 4.79 Å². The van der Waals surface area contributed by atoms with Crippen molar-refractivity contribution in [3.8, 4) is 6.07 Å². The van der Waals surface area contributed by atoms with Gasteiger partial charge in [-0.05, 0) is 37.6 Å². The third kappa shape index (κ3) is 3.33. The predicted molar refractivity (Wildman–Crippen MR) is 73.4 cm³/mol. The number of carbonyl (C=O) groups is 1.